The highest BCUT2D eigenvalue weighted by atomic mass is 16.4. The Hall–Kier alpha value is -7.54. The van der Waals surface area contributed by atoms with Crippen LogP contribution in [0.1, 0.15) is 87.5 Å². The number of aliphatic hydroxyl groups is 2. The first kappa shape index (κ1) is 65.5. The van der Waals surface area contributed by atoms with Gasteiger partial charge in [-0.2, -0.15) is 0 Å². The number of nitrogens with one attached hydrogen (secondary N) is 9. The van der Waals surface area contributed by atoms with Crippen molar-refractivity contribution < 1.29 is 109 Å². The van der Waals surface area contributed by atoms with Gasteiger partial charge in [-0.3, -0.25) is 43.2 Å². The van der Waals surface area contributed by atoms with Crippen LogP contribution in [0.3, 0.4) is 0 Å². The second-order valence-electron chi connectivity index (χ2n) is 17.7. The lowest BCUT2D eigenvalue weighted by Gasteiger charge is -2.30. The van der Waals surface area contributed by atoms with Gasteiger partial charge in [-0.1, -0.05) is 41.5 Å². The van der Waals surface area contributed by atoms with Gasteiger partial charge >= 0.3 is 0 Å². The molecule has 73 heavy (non-hydrogen) atoms. The average Bonchev–Trinajstić information content (AvgIpc) is 3.26. The van der Waals surface area contributed by atoms with E-state index in [-0.39, 0.29) is 0 Å². The van der Waals surface area contributed by atoms with E-state index in [1.54, 1.807) is 0 Å². The van der Waals surface area contributed by atoms with Crippen LogP contribution in [0.15, 0.2) is 0 Å². The van der Waals surface area contributed by atoms with Gasteiger partial charge in [-0.05, 0) is 44.4 Å². The van der Waals surface area contributed by atoms with Crippen LogP contribution < -0.4 is 79.1 Å². The van der Waals surface area contributed by atoms with Gasteiger partial charge in [0.1, 0.15) is 48.3 Å². The lowest BCUT2D eigenvalue weighted by atomic mass is 10.00. The number of quaternary nitrogens is 1. The number of aliphatic hydroxyl groups excluding tert-OH is 2. The minimum atomic E-state index is -2.07. The molecule has 0 bridgehead atoms. The average molecular weight is 1050 g/mol. The van der Waals surface area contributed by atoms with Gasteiger partial charge in [0.2, 0.25) is 47.3 Å². The SMILES string of the molecule is CC(C)[C@H](NC(=O)[C@H](CO)NC(=O)[C@@H](NC(=O)[C@@H](NC(=O)[C@H](CC(=O)[O-])NC(=O)[C@@H](NC(=O)[C@H](CCC(=O)[O-])NC(=O)[C@H](C)NC(=O)[C@@H]([NH3+])CC(=O)[O-])C(C)C)C(C)C)[C@@H](C)O)C(=O)N[C@@H](CC(=O)[O-])C(=O)[O-]. The van der Waals surface area contributed by atoms with E-state index in [0.717, 1.165) is 13.8 Å². The summed E-state index contributed by atoms with van der Waals surface area (Å²) in [6.45, 7) is 9.29. The van der Waals surface area contributed by atoms with Crippen LogP contribution in [0.4, 0.5) is 0 Å². The minimum Gasteiger partial charge on any atom is -0.550 e. The monoisotopic (exact) mass is 1040 g/mol. The fourth-order valence-electron chi connectivity index (χ4n) is 6.25. The topological polar surface area (TPSA) is 531 Å². The highest BCUT2D eigenvalue weighted by Crippen LogP contribution is 2.10. The third-order valence-electron chi connectivity index (χ3n) is 10.4. The molecule has 0 fully saturated rings. The number of rotatable bonds is 33. The molecule has 14 N–H and O–H groups in total. The summed E-state index contributed by atoms with van der Waals surface area (Å²) >= 11 is 0. The predicted octanol–water partition coefficient (Wildman–Crippen LogP) is -14.0. The van der Waals surface area contributed by atoms with Gasteiger partial charge in [0, 0.05) is 43.1 Å². The van der Waals surface area contributed by atoms with Crippen LogP contribution >= 0.6 is 0 Å². The van der Waals surface area contributed by atoms with Gasteiger partial charge in [0.05, 0.1) is 24.7 Å². The normalized spacial score (nSPS) is 15.6. The third-order valence-corrected chi connectivity index (χ3v) is 10.4. The molecular formula is C42H64N10O21-4. The molecule has 0 aliphatic carbocycles. The standard InChI is InChI=1S/C42H68N10O21/c1-15(2)29(49-35(65)21(9-10-25(55)56)45-33(63)18(7)44-34(64)20(43)11-26(57)58)38(68)46-22(12-27(59)60)36(66)50-31(17(5)6)40(70)52-32(19(8)54)41(71)48-24(14-53)37(67)51-30(16(3)4)39(69)47-23(42(72)73)13-28(61)62/h15-24,29-32,53-54H,9-14,43H2,1-8H3,(H,44,64)(H,45,63)(H,46,68)(H,47,69)(H,48,71)(H,49,65)(H,50,66)(H,51,67)(H,52,70)(H,55,56)(H,57,58)(H,59,60)(H,61,62)(H,72,73)/p-4/t18-,19+,20-,21-,22-,23-,24-,29-,30-,31-,32-/m0/s1. The summed E-state index contributed by atoms with van der Waals surface area (Å²) in [5.41, 5.74) is 3.35. The van der Waals surface area contributed by atoms with E-state index in [1.165, 1.54) is 41.5 Å². The molecule has 0 aliphatic heterocycles. The van der Waals surface area contributed by atoms with E-state index in [1.807, 2.05) is 5.32 Å². The van der Waals surface area contributed by atoms with Crippen LogP contribution in [0.2, 0.25) is 0 Å². The van der Waals surface area contributed by atoms with Crippen LogP contribution in [0.5, 0.6) is 0 Å². The van der Waals surface area contributed by atoms with E-state index in [4.69, 9.17) is 0 Å². The molecule has 0 aromatic heterocycles. The molecule has 0 spiro atoms. The number of aliphatic carboxylic acids is 5. The van der Waals surface area contributed by atoms with Crippen molar-refractivity contribution >= 4 is 83.0 Å². The summed E-state index contributed by atoms with van der Waals surface area (Å²) in [6, 6.07) is -17.5. The molecule has 0 aromatic rings. The molecule has 31 heteroatoms. The zero-order chi connectivity index (χ0) is 56.8. The molecule has 0 radical (unpaired) electrons. The minimum absolute atomic E-state index is 0.634. The van der Waals surface area contributed by atoms with Gasteiger partial charge in [-0.25, -0.2) is 0 Å². The largest absolute Gasteiger partial charge is 0.550 e. The Morgan fingerprint density at radius 3 is 1.12 bits per heavy atom. The van der Waals surface area contributed by atoms with Crippen molar-refractivity contribution in [2.75, 3.05) is 6.61 Å². The van der Waals surface area contributed by atoms with Crippen molar-refractivity contribution in [1.82, 2.24) is 47.9 Å². The third kappa shape index (κ3) is 23.5. The van der Waals surface area contributed by atoms with Gasteiger partial charge in [0.15, 0.2) is 6.04 Å². The number of hydrogen-bond acceptors (Lipinski definition) is 21. The zero-order valence-electron chi connectivity index (χ0n) is 41.2. The fourth-order valence-corrected chi connectivity index (χ4v) is 6.25. The second-order valence-corrected chi connectivity index (χ2v) is 17.7. The first-order valence-electron chi connectivity index (χ1n) is 22.5. The Morgan fingerprint density at radius 1 is 0.397 bits per heavy atom. The molecule has 0 heterocycles. The maximum atomic E-state index is 13.7. The Kier molecular flexibility index (Phi) is 27.8. The quantitative estimate of drug-likeness (QED) is 0.0290. The molecule has 0 saturated carbocycles. The van der Waals surface area contributed by atoms with E-state index in [0.29, 0.717) is 0 Å². The van der Waals surface area contributed by atoms with Crippen LogP contribution in [0.25, 0.3) is 0 Å². The van der Waals surface area contributed by atoms with Gasteiger partial charge in [0.25, 0.3) is 5.91 Å². The molecule has 0 rings (SSSR count). The van der Waals surface area contributed by atoms with Crippen molar-refractivity contribution in [2.24, 2.45) is 17.8 Å². The maximum absolute atomic E-state index is 13.7. The highest BCUT2D eigenvalue weighted by molar-refractivity contribution is 5.99. The van der Waals surface area contributed by atoms with Crippen molar-refractivity contribution in [3.8, 4) is 0 Å². The number of hydrogen-bond donors (Lipinski definition) is 12. The fraction of sp³-hybridized carbons (Fsp3) is 0.667. The van der Waals surface area contributed by atoms with Crippen LogP contribution in [-0.2, 0) is 67.1 Å². The molecule has 0 aromatic carbocycles. The molecule has 9 amide bonds. The Labute approximate surface area is 417 Å². The van der Waals surface area contributed by atoms with E-state index < -0.39 is 206 Å². The number of carboxylic acid groups (broad SMARTS) is 5. The van der Waals surface area contributed by atoms with Crippen LogP contribution in [-0.4, -0.2) is 166 Å². The summed E-state index contributed by atoms with van der Waals surface area (Å²) < 4.78 is 0. The summed E-state index contributed by atoms with van der Waals surface area (Å²) in [7, 11) is 0. The molecule has 0 unspecified atom stereocenters. The number of carboxylic acids is 5. The Bertz CT molecular complexity index is 2050. The molecule has 31 nitrogen and oxygen atoms in total. The molecular weight excluding hydrogens is 981 g/mol. The second kappa shape index (κ2) is 31.0. The molecule has 0 saturated heterocycles. The zero-order valence-corrected chi connectivity index (χ0v) is 41.2. The lowest BCUT2D eigenvalue weighted by molar-refractivity contribution is -0.408. The van der Waals surface area contributed by atoms with Crippen molar-refractivity contribution in [2.45, 2.75) is 154 Å². The van der Waals surface area contributed by atoms with Crippen molar-refractivity contribution in [3.63, 3.8) is 0 Å². The number of carbonyl (C=O) groups is 14. The number of carbonyl (C=O) groups excluding carboxylic acids is 14. The first-order valence-corrected chi connectivity index (χ1v) is 22.5. The molecule has 11 atom stereocenters. The maximum Gasteiger partial charge on any atom is 0.279 e. The number of amides is 9. The Balaban J connectivity index is 6.34. The molecule has 0 aliphatic rings. The first-order chi connectivity index (χ1) is 33.6. The predicted molar refractivity (Wildman–Crippen MR) is 231 cm³/mol. The van der Waals surface area contributed by atoms with E-state index in [2.05, 4.69) is 48.3 Å². The summed E-state index contributed by atoms with van der Waals surface area (Å²) in [4.78, 5) is 175. The van der Waals surface area contributed by atoms with Crippen molar-refractivity contribution in [1.29, 1.82) is 0 Å². The van der Waals surface area contributed by atoms with Gasteiger partial charge in [-0.15, -0.1) is 0 Å². The summed E-state index contributed by atoms with van der Waals surface area (Å²) in [5, 5.41) is 95.9. The summed E-state index contributed by atoms with van der Waals surface area (Å²) in [5.74, 6) is -22.4. The smallest absolute Gasteiger partial charge is 0.279 e. The highest BCUT2D eigenvalue weighted by Gasteiger charge is 2.37. The molecule has 412 valence electrons. The van der Waals surface area contributed by atoms with E-state index in [9.17, 15) is 103 Å². The van der Waals surface area contributed by atoms with Crippen LogP contribution in [0, 0.1) is 17.8 Å². The Morgan fingerprint density at radius 2 is 0.740 bits per heavy atom. The van der Waals surface area contributed by atoms with Crippen molar-refractivity contribution in [3.05, 3.63) is 0 Å². The lowest BCUT2D eigenvalue weighted by Crippen LogP contribution is -2.70. The van der Waals surface area contributed by atoms with E-state index >= 15 is 0 Å². The van der Waals surface area contributed by atoms with Gasteiger partial charge < -0.3 is 113 Å². The summed E-state index contributed by atoms with van der Waals surface area (Å²) in [6.07, 6.45) is -6.47.